The van der Waals surface area contributed by atoms with Crippen LogP contribution >= 0.6 is 0 Å². The molecule has 0 saturated carbocycles. The van der Waals surface area contributed by atoms with Crippen molar-refractivity contribution >= 4 is 37.1 Å². The second kappa shape index (κ2) is 13.6. The molecular formula is C14H28N2O20S3. The molecule has 2 aliphatic heterocycles. The Morgan fingerprint density at radius 2 is 1.44 bits per heavy atom. The van der Waals surface area contributed by atoms with Crippen LogP contribution in [-0.2, 0) is 67.9 Å². The number of hydrogen-bond acceptors (Lipinski definition) is 17. The average molecular weight is 641 g/mol. The Morgan fingerprint density at radius 3 is 1.87 bits per heavy atom. The molecule has 0 unspecified atom stereocenters. The first-order chi connectivity index (χ1) is 17.3. The highest BCUT2D eigenvalue weighted by atomic mass is 32.3. The molecule has 0 aromatic rings. The summed E-state index contributed by atoms with van der Waals surface area (Å²) in [6.45, 7) is -1.18. The van der Waals surface area contributed by atoms with E-state index in [4.69, 9.17) is 37.3 Å². The lowest BCUT2D eigenvalue weighted by Gasteiger charge is -2.47. The molecule has 10 N–H and O–H groups in total. The molecule has 0 aliphatic carbocycles. The van der Waals surface area contributed by atoms with Gasteiger partial charge < -0.3 is 45.2 Å². The van der Waals surface area contributed by atoms with Gasteiger partial charge in [0.1, 0.15) is 36.6 Å². The van der Waals surface area contributed by atoms with E-state index in [2.05, 4.69) is 8.37 Å². The smallest absolute Gasteiger partial charge is 0.397 e. The Morgan fingerprint density at radius 1 is 0.846 bits per heavy atom. The van der Waals surface area contributed by atoms with Crippen LogP contribution in [0.3, 0.4) is 0 Å². The van der Waals surface area contributed by atoms with E-state index in [1.165, 1.54) is 4.72 Å². The maximum Gasteiger partial charge on any atom is 0.397 e. The molecule has 25 heteroatoms. The SMILES string of the molecule is CO[C@H]1O[C@H](COS(=O)(=O)O)[C@@H](O[C@@H]2O[C@@H](C(=O)O)[C@@H](OC)[C@H](O)[C@H]2OS(=O)(=O)O)[C@H](O)[C@H]1NS(=O)(=O)O.N. The molecule has 0 bridgehead atoms. The summed E-state index contributed by atoms with van der Waals surface area (Å²) in [6.07, 6.45) is -18.7. The number of carboxylic acid groups (broad SMARTS) is 1. The van der Waals surface area contributed by atoms with Gasteiger partial charge in [-0.2, -0.15) is 30.0 Å². The van der Waals surface area contributed by atoms with E-state index in [9.17, 15) is 45.4 Å². The number of carboxylic acids is 1. The topological polar surface area (TPSA) is 353 Å². The van der Waals surface area contributed by atoms with E-state index in [0.717, 1.165) is 14.2 Å². The molecular weight excluding hydrogens is 612 g/mol. The third-order valence-electron chi connectivity index (χ3n) is 5.13. The number of hydrogen-bond donors (Lipinski definition) is 8. The van der Waals surface area contributed by atoms with Crippen LogP contribution in [0.15, 0.2) is 0 Å². The highest BCUT2D eigenvalue weighted by Crippen LogP contribution is 2.32. The third-order valence-corrected chi connectivity index (χ3v) is 6.60. The summed E-state index contributed by atoms with van der Waals surface area (Å²) >= 11 is 0. The zero-order chi connectivity index (χ0) is 29.2. The summed E-state index contributed by atoms with van der Waals surface area (Å²) in [5, 5.41) is 30.8. The van der Waals surface area contributed by atoms with Crippen LogP contribution in [0.1, 0.15) is 0 Å². The number of nitrogens with one attached hydrogen (secondary N) is 1. The first-order valence-electron chi connectivity index (χ1n) is 9.91. The highest BCUT2D eigenvalue weighted by molar-refractivity contribution is 7.83. The van der Waals surface area contributed by atoms with Crippen molar-refractivity contribution in [2.24, 2.45) is 0 Å². The molecule has 2 heterocycles. The van der Waals surface area contributed by atoms with Crippen LogP contribution in [0.4, 0.5) is 0 Å². The van der Waals surface area contributed by atoms with Crippen molar-refractivity contribution in [1.82, 2.24) is 10.9 Å². The largest absolute Gasteiger partial charge is 0.479 e. The molecule has 0 spiro atoms. The van der Waals surface area contributed by atoms with E-state index in [1.54, 1.807) is 0 Å². The van der Waals surface area contributed by atoms with Crippen LogP contribution < -0.4 is 10.9 Å². The molecule has 0 aromatic heterocycles. The first kappa shape index (κ1) is 35.8. The normalized spacial score (nSPS) is 36.2. The number of aliphatic carboxylic acids is 1. The van der Waals surface area contributed by atoms with Crippen molar-refractivity contribution in [1.29, 1.82) is 0 Å². The summed E-state index contributed by atoms with van der Waals surface area (Å²) in [6, 6.07) is -1.93. The van der Waals surface area contributed by atoms with Crippen LogP contribution in [0.25, 0.3) is 0 Å². The fraction of sp³-hybridized carbons (Fsp3) is 0.929. The van der Waals surface area contributed by atoms with Gasteiger partial charge in [0, 0.05) is 14.2 Å². The lowest BCUT2D eigenvalue weighted by molar-refractivity contribution is -0.339. The van der Waals surface area contributed by atoms with Crippen molar-refractivity contribution in [2.75, 3.05) is 20.8 Å². The summed E-state index contributed by atoms with van der Waals surface area (Å²) in [4.78, 5) is 11.6. The van der Waals surface area contributed by atoms with Gasteiger partial charge in [0.25, 0.3) is 0 Å². The molecule has 232 valence electrons. The van der Waals surface area contributed by atoms with Gasteiger partial charge in [-0.3, -0.25) is 13.7 Å². The molecule has 2 saturated heterocycles. The number of ether oxygens (including phenoxy) is 5. The summed E-state index contributed by atoms with van der Waals surface area (Å²) in [5.41, 5.74) is 0. The molecule has 0 aromatic carbocycles. The van der Waals surface area contributed by atoms with Gasteiger partial charge in [-0.05, 0) is 0 Å². The summed E-state index contributed by atoms with van der Waals surface area (Å²) in [5.74, 6) is -1.77. The van der Waals surface area contributed by atoms with Crippen molar-refractivity contribution in [2.45, 2.75) is 61.3 Å². The molecule has 10 atom stereocenters. The number of aliphatic hydroxyl groups is 2. The van der Waals surface area contributed by atoms with E-state index in [0.29, 0.717) is 0 Å². The molecule has 2 fully saturated rings. The Hall–Kier alpha value is -1.24. The second-order valence-electron chi connectivity index (χ2n) is 7.64. The van der Waals surface area contributed by atoms with E-state index in [1.807, 2.05) is 0 Å². The van der Waals surface area contributed by atoms with E-state index >= 15 is 0 Å². The second-order valence-corrected chi connectivity index (χ2v) is 11.0. The van der Waals surface area contributed by atoms with Crippen LogP contribution in [0, 0.1) is 0 Å². The summed E-state index contributed by atoms with van der Waals surface area (Å²) < 4.78 is 130. The minimum atomic E-state index is -5.40. The molecule has 39 heavy (non-hydrogen) atoms. The fourth-order valence-corrected chi connectivity index (χ4v) is 5.06. The minimum Gasteiger partial charge on any atom is -0.479 e. The van der Waals surface area contributed by atoms with E-state index in [-0.39, 0.29) is 6.15 Å². The predicted octanol–water partition coefficient (Wildman–Crippen LogP) is -4.78. The Kier molecular flexibility index (Phi) is 12.5. The first-order valence-corrected chi connectivity index (χ1v) is 14.1. The maximum absolute atomic E-state index is 11.6. The van der Waals surface area contributed by atoms with Crippen LogP contribution in [0.2, 0.25) is 0 Å². The molecule has 22 nitrogen and oxygen atoms in total. The Balaban J connectivity index is 0.00000760. The van der Waals surface area contributed by atoms with E-state index < -0.39 is 105 Å². The number of aliphatic hydroxyl groups excluding tert-OH is 2. The van der Waals surface area contributed by atoms with Gasteiger partial charge in [0.05, 0.1) is 6.61 Å². The van der Waals surface area contributed by atoms with Gasteiger partial charge in [0.15, 0.2) is 24.8 Å². The van der Waals surface area contributed by atoms with Gasteiger partial charge in [-0.1, -0.05) is 0 Å². The van der Waals surface area contributed by atoms with Crippen molar-refractivity contribution in [3.63, 3.8) is 0 Å². The standard InChI is InChI=1S/C14H25NO20S3.H3N/c1-29-9-7(17)10(35-38(26,27)28)14(34-11(9)12(18)19)33-8-4(3-31-37(23,24)25)32-13(30-2)5(6(8)16)15-36(20,21)22;/h4-11,13-17H,3H2,1-2H3,(H,18,19)(H,20,21,22)(H,23,24,25)(H,26,27,28);1H3/t4-,5-,6-,7+,8-,9+,10-,11-,13+,14-;/m1./s1. The minimum absolute atomic E-state index is 0. The number of rotatable bonds is 12. The molecule has 0 amide bonds. The number of carbonyl (C=O) groups is 1. The maximum atomic E-state index is 11.6. The Bertz CT molecular complexity index is 1140. The zero-order valence-electron chi connectivity index (χ0n) is 19.8. The number of methoxy groups -OCH3 is 2. The monoisotopic (exact) mass is 640 g/mol. The van der Waals surface area contributed by atoms with Gasteiger partial charge in [0.2, 0.25) is 0 Å². The third kappa shape index (κ3) is 9.97. The van der Waals surface area contributed by atoms with Gasteiger partial charge in [-0.25, -0.2) is 13.2 Å². The molecule has 0 radical (unpaired) electrons. The fourth-order valence-electron chi connectivity index (χ4n) is 3.67. The van der Waals surface area contributed by atoms with Crippen LogP contribution in [-0.4, -0.2) is 142 Å². The van der Waals surface area contributed by atoms with Crippen molar-refractivity contribution in [3.05, 3.63) is 0 Å². The van der Waals surface area contributed by atoms with Crippen molar-refractivity contribution in [3.8, 4) is 0 Å². The lowest BCUT2D eigenvalue weighted by atomic mass is 9.96. The summed E-state index contributed by atoms with van der Waals surface area (Å²) in [7, 11) is -13.8. The predicted molar refractivity (Wildman–Crippen MR) is 117 cm³/mol. The zero-order valence-corrected chi connectivity index (χ0v) is 22.3. The van der Waals surface area contributed by atoms with Crippen molar-refractivity contribution < 1.29 is 91.1 Å². The average Bonchev–Trinajstić information content (AvgIpc) is 2.75. The van der Waals surface area contributed by atoms with Gasteiger partial charge in [-0.15, -0.1) is 0 Å². The highest BCUT2D eigenvalue weighted by Gasteiger charge is 2.55. The van der Waals surface area contributed by atoms with Crippen LogP contribution in [0.5, 0.6) is 0 Å². The Labute approximate surface area is 221 Å². The van der Waals surface area contributed by atoms with Gasteiger partial charge >= 0.3 is 37.1 Å². The quantitative estimate of drug-likeness (QED) is 0.0927. The lowest BCUT2D eigenvalue weighted by Crippen LogP contribution is -2.68. The molecule has 2 aliphatic rings. The molecule has 2 rings (SSSR count).